The van der Waals surface area contributed by atoms with Crippen molar-refractivity contribution in [1.29, 1.82) is 0 Å². The van der Waals surface area contributed by atoms with Crippen molar-refractivity contribution in [2.75, 3.05) is 0 Å². The van der Waals surface area contributed by atoms with Crippen LogP contribution < -0.4 is 0 Å². The molecule has 0 unspecified atom stereocenters. The normalized spacial score (nSPS) is 10.3. The molecule has 70 valence electrons. The highest BCUT2D eigenvalue weighted by atomic mass is 16.6. The number of benzene rings is 1. The van der Waals surface area contributed by atoms with E-state index >= 15 is 0 Å². The number of rotatable bonds is 1. The summed E-state index contributed by atoms with van der Waals surface area (Å²) in [4.78, 5) is 13.8. The second-order valence-corrected chi connectivity index (χ2v) is 2.80. The topological polar surface area (TPSA) is 76.3 Å². The molecule has 0 saturated carbocycles. The third kappa shape index (κ3) is 1.24. The molecule has 0 radical (unpaired) electrons. The molecular formula is C9H6N2O3. The molecule has 14 heavy (non-hydrogen) atoms. The van der Waals surface area contributed by atoms with Gasteiger partial charge in [-0.15, -0.1) is 0 Å². The van der Waals surface area contributed by atoms with Gasteiger partial charge in [0, 0.05) is 23.7 Å². The monoisotopic (exact) mass is 190 g/mol. The van der Waals surface area contributed by atoms with Crippen molar-refractivity contribution in [2.45, 2.75) is 0 Å². The van der Waals surface area contributed by atoms with Crippen molar-refractivity contribution < 1.29 is 10.0 Å². The first-order valence-corrected chi connectivity index (χ1v) is 3.90. The van der Waals surface area contributed by atoms with Crippen LogP contribution in [0, 0.1) is 10.1 Å². The summed E-state index contributed by atoms with van der Waals surface area (Å²) in [5, 5.41) is 20.8. The van der Waals surface area contributed by atoms with Gasteiger partial charge in [0.15, 0.2) is 0 Å². The molecule has 0 aliphatic carbocycles. The zero-order valence-corrected chi connectivity index (χ0v) is 7.04. The summed E-state index contributed by atoms with van der Waals surface area (Å²) < 4.78 is 0. The van der Waals surface area contributed by atoms with E-state index in [1.54, 1.807) is 12.1 Å². The quantitative estimate of drug-likeness (QED) is 0.549. The van der Waals surface area contributed by atoms with Gasteiger partial charge in [0.2, 0.25) is 5.88 Å². The molecule has 2 rings (SSSR count). The number of aromatic hydroxyl groups is 1. The lowest BCUT2D eigenvalue weighted by Gasteiger charge is -1.98. The van der Waals surface area contributed by atoms with Crippen LogP contribution in [0.3, 0.4) is 0 Å². The SMILES string of the molecule is O=[N+]([O-])c1cccc2cnc(O)cc12. The minimum absolute atomic E-state index is 0.0276. The molecule has 1 N–H and O–H groups in total. The van der Waals surface area contributed by atoms with Crippen LogP contribution in [0.25, 0.3) is 10.8 Å². The number of non-ortho nitro benzene ring substituents is 1. The van der Waals surface area contributed by atoms with Crippen LogP contribution in [0.15, 0.2) is 30.5 Å². The van der Waals surface area contributed by atoms with Crippen LogP contribution >= 0.6 is 0 Å². The molecule has 0 aliphatic rings. The van der Waals surface area contributed by atoms with Gasteiger partial charge in [-0.05, 0) is 0 Å². The maximum Gasteiger partial charge on any atom is 0.277 e. The summed E-state index contributed by atoms with van der Waals surface area (Å²) in [6.45, 7) is 0. The van der Waals surface area contributed by atoms with Crippen molar-refractivity contribution in [3.63, 3.8) is 0 Å². The molecule has 5 heteroatoms. The van der Waals surface area contributed by atoms with Crippen LogP contribution in [-0.4, -0.2) is 15.0 Å². The second-order valence-electron chi connectivity index (χ2n) is 2.80. The zero-order valence-electron chi connectivity index (χ0n) is 7.04. The largest absolute Gasteiger partial charge is 0.493 e. The van der Waals surface area contributed by atoms with Gasteiger partial charge in [-0.25, -0.2) is 4.98 Å². The lowest BCUT2D eigenvalue weighted by Crippen LogP contribution is -1.89. The van der Waals surface area contributed by atoms with Gasteiger partial charge in [0.05, 0.1) is 10.3 Å². The van der Waals surface area contributed by atoms with E-state index in [0.29, 0.717) is 10.8 Å². The van der Waals surface area contributed by atoms with E-state index in [4.69, 9.17) is 5.11 Å². The molecule has 0 saturated heterocycles. The fourth-order valence-corrected chi connectivity index (χ4v) is 1.30. The Labute approximate surface area is 78.8 Å². The minimum Gasteiger partial charge on any atom is -0.493 e. The first-order valence-electron chi connectivity index (χ1n) is 3.90. The van der Waals surface area contributed by atoms with Gasteiger partial charge in [0.1, 0.15) is 0 Å². The highest BCUT2D eigenvalue weighted by molar-refractivity contribution is 5.90. The fraction of sp³-hybridized carbons (Fsp3) is 0. The van der Waals surface area contributed by atoms with Crippen molar-refractivity contribution >= 4 is 16.5 Å². The van der Waals surface area contributed by atoms with Crippen LogP contribution in [0.5, 0.6) is 5.88 Å². The smallest absolute Gasteiger partial charge is 0.277 e. The Morgan fingerprint density at radius 2 is 2.21 bits per heavy atom. The van der Waals surface area contributed by atoms with E-state index in [0.717, 1.165) is 0 Å². The standard InChI is InChI=1S/C9H6N2O3/c12-9-4-7-6(5-10-9)2-1-3-8(7)11(13)14/h1-5H,(H,10,12). The summed E-state index contributed by atoms with van der Waals surface area (Å²) in [6.07, 6.45) is 1.40. The van der Waals surface area contributed by atoms with Crippen LogP contribution in [0.4, 0.5) is 5.69 Å². The Kier molecular flexibility index (Phi) is 1.78. The Balaban J connectivity index is 2.84. The predicted octanol–water partition coefficient (Wildman–Crippen LogP) is 1.85. The van der Waals surface area contributed by atoms with Crippen molar-refractivity contribution in [1.82, 2.24) is 4.98 Å². The number of nitro benzene ring substituents is 1. The van der Waals surface area contributed by atoms with Gasteiger partial charge < -0.3 is 5.11 Å². The molecule has 1 heterocycles. The molecule has 0 bridgehead atoms. The Hall–Kier alpha value is -2.17. The summed E-state index contributed by atoms with van der Waals surface area (Å²) in [6, 6.07) is 5.96. The molecule has 0 atom stereocenters. The molecular weight excluding hydrogens is 184 g/mol. The summed E-state index contributed by atoms with van der Waals surface area (Å²) in [5.74, 6) is -0.216. The number of fused-ring (bicyclic) bond motifs is 1. The van der Waals surface area contributed by atoms with E-state index < -0.39 is 4.92 Å². The van der Waals surface area contributed by atoms with E-state index in [9.17, 15) is 10.1 Å². The molecule has 0 aliphatic heterocycles. The molecule has 0 fully saturated rings. The van der Waals surface area contributed by atoms with Crippen LogP contribution in [0.2, 0.25) is 0 Å². The summed E-state index contributed by atoms with van der Waals surface area (Å²) in [5.41, 5.74) is -0.0276. The molecule has 0 amide bonds. The van der Waals surface area contributed by atoms with Crippen LogP contribution in [-0.2, 0) is 0 Å². The highest BCUT2D eigenvalue weighted by Gasteiger charge is 2.11. The van der Waals surface area contributed by atoms with Gasteiger partial charge in [0.25, 0.3) is 5.69 Å². The van der Waals surface area contributed by atoms with E-state index in [2.05, 4.69) is 4.98 Å². The van der Waals surface area contributed by atoms with Gasteiger partial charge in [-0.1, -0.05) is 12.1 Å². The maximum atomic E-state index is 10.6. The van der Waals surface area contributed by atoms with Gasteiger partial charge in [-0.2, -0.15) is 0 Å². The third-order valence-corrected chi connectivity index (χ3v) is 1.92. The van der Waals surface area contributed by atoms with E-state index in [1.807, 2.05) is 0 Å². The number of pyridine rings is 1. The lowest BCUT2D eigenvalue weighted by atomic mass is 10.1. The Morgan fingerprint density at radius 1 is 1.43 bits per heavy atom. The van der Waals surface area contributed by atoms with Crippen LogP contribution in [0.1, 0.15) is 0 Å². The second kappa shape index (κ2) is 2.95. The number of nitro groups is 1. The lowest BCUT2D eigenvalue weighted by molar-refractivity contribution is -0.383. The minimum atomic E-state index is -0.484. The molecule has 1 aromatic carbocycles. The number of hydrogen-bond acceptors (Lipinski definition) is 4. The molecule has 0 spiro atoms. The van der Waals surface area contributed by atoms with Gasteiger partial charge >= 0.3 is 0 Å². The highest BCUT2D eigenvalue weighted by Crippen LogP contribution is 2.26. The average molecular weight is 190 g/mol. The van der Waals surface area contributed by atoms with Crippen molar-refractivity contribution in [3.8, 4) is 5.88 Å². The number of hydrogen-bond donors (Lipinski definition) is 1. The Bertz CT molecular complexity index is 510. The molecule has 2 aromatic rings. The predicted molar refractivity (Wildman–Crippen MR) is 50.1 cm³/mol. The molecule has 1 aromatic heterocycles. The molecule has 5 nitrogen and oxygen atoms in total. The fourth-order valence-electron chi connectivity index (χ4n) is 1.30. The zero-order chi connectivity index (χ0) is 10.1. The summed E-state index contributed by atoms with van der Waals surface area (Å²) in [7, 11) is 0. The maximum absolute atomic E-state index is 10.6. The van der Waals surface area contributed by atoms with E-state index in [-0.39, 0.29) is 11.6 Å². The van der Waals surface area contributed by atoms with Gasteiger partial charge in [-0.3, -0.25) is 10.1 Å². The van der Waals surface area contributed by atoms with E-state index in [1.165, 1.54) is 18.3 Å². The third-order valence-electron chi connectivity index (χ3n) is 1.92. The summed E-state index contributed by atoms with van der Waals surface area (Å²) >= 11 is 0. The number of nitrogens with zero attached hydrogens (tertiary/aromatic N) is 2. The van der Waals surface area contributed by atoms with Crippen molar-refractivity contribution in [2.24, 2.45) is 0 Å². The number of aromatic nitrogens is 1. The average Bonchev–Trinajstić information content (AvgIpc) is 2.16. The van der Waals surface area contributed by atoms with Crippen molar-refractivity contribution in [3.05, 3.63) is 40.6 Å². The first-order chi connectivity index (χ1) is 6.68. The first kappa shape index (κ1) is 8.43. The Morgan fingerprint density at radius 3 is 2.93 bits per heavy atom.